The molecule has 2 heterocycles. The Kier molecular flexibility index (Phi) is 5.76. The topological polar surface area (TPSA) is 62.6 Å². The van der Waals surface area contributed by atoms with Crippen LogP contribution in [0.1, 0.15) is 35.6 Å². The number of quaternary nitrogens is 1. The highest BCUT2D eigenvalue weighted by molar-refractivity contribution is 5.85. The maximum absolute atomic E-state index is 12.2. The second kappa shape index (κ2) is 8.02. The van der Waals surface area contributed by atoms with Crippen molar-refractivity contribution in [3.05, 3.63) is 69.7 Å². The summed E-state index contributed by atoms with van der Waals surface area (Å²) in [6.07, 6.45) is 3.76. The summed E-state index contributed by atoms with van der Waals surface area (Å²) in [5.74, 6) is 1.28. The van der Waals surface area contributed by atoms with Gasteiger partial charge in [0, 0.05) is 18.8 Å². The Labute approximate surface area is 157 Å². The zero-order chi connectivity index (χ0) is 16.4. The van der Waals surface area contributed by atoms with Gasteiger partial charge in [0.25, 0.3) is 5.56 Å². The molecule has 4 rings (SSSR count). The predicted molar refractivity (Wildman–Crippen MR) is 94.3 cm³/mol. The normalized spacial score (nSPS) is 15.2. The molecule has 0 aliphatic carbocycles. The van der Waals surface area contributed by atoms with E-state index in [9.17, 15) is 4.79 Å². The Morgan fingerprint density at radius 1 is 1.04 bits per heavy atom. The Balaban J connectivity index is 0.00000182. The molecule has 3 aromatic rings. The molecular formula is C20H23BrN2O2. The minimum absolute atomic E-state index is 0. The molecule has 0 radical (unpaired) electrons. The molecule has 0 atom stereocenters. The van der Waals surface area contributed by atoms with Crippen molar-refractivity contribution in [3.8, 4) is 0 Å². The van der Waals surface area contributed by atoms with Crippen LogP contribution in [0.3, 0.4) is 0 Å². The number of rotatable bonds is 4. The lowest BCUT2D eigenvalue weighted by atomic mass is 9.91. The molecule has 132 valence electrons. The van der Waals surface area contributed by atoms with Crippen molar-refractivity contribution in [1.82, 2.24) is 5.16 Å². The summed E-state index contributed by atoms with van der Waals surface area (Å²) in [7, 11) is 0. The van der Waals surface area contributed by atoms with E-state index in [-0.39, 0.29) is 22.5 Å². The van der Waals surface area contributed by atoms with Crippen molar-refractivity contribution in [2.24, 2.45) is 0 Å². The van der Waals surface area contributed by atoms with E-state index in [1.165, 1.54) is 16.3 Å². The molecule has 1 saturated heterocycles. The first-order valence-electron chi connectivity index (χ1n) is 8.81. The van der Waals surface area contributed by atoms with E-state index in [0.717, 1.165) is 50.1 Å². The first-order valence-corrected chi connectivity index (χ1v) is 8.81. The number of hydrogen-bond donors (Lipinski definition) is 2. The van der Waals surface area contributed by atoms with Gasteiger partial charge in [-0.05, 0) is 29.2 Å². The number of nitrogens with one attached hydrogen (secondary N) is 1. The van der Waals surface area contributed by atoms with Gasteiger partial charge in [0.1, 0.15) is 5.76 Å². The quantitative estimate of drug-likeness (QED) is 0.609. The van der Waals surface area contributed by atoms with Gasteiger partial charge in [-0.15, -0.1) is 0 Å². The third kappa shape index (κ3) is 3.72. The van der Waals surface area contributed by atoms with Crippen LogP contribution in [0.4, 0.5) is 0 Å². The summed E-state index contributed by atoms with van der Waals surface area (Å²) < 4.78 is 5.56. The second-order valence-corrected chi connectivity index (χ2v) is 6.65. The van der Waals surface area contributed by atoms with Gasteiger partial charge in [-0.3, -0.25) is 4.79 Å². The number of H-pyrrole nitrogens is 1. The molecule has 3 N–H and O–H groups in total. The van der Waals surface area contributed by atoms with Crippen LogP contribution in [0.15, 0.2) is 51.8 Å². The van der Waals surface area contributed by atoms with E-state index < -0.39 is 0 Å². The highest BCUT2D eigenvalue weighted by Gasteiger charge is 2.25. The molecule has 25 heavy (non-hydrogen) atoms. The number of aromatic amines is 1. The summed E-state index contributed by atoms with van der Waals surface area (Å²) in [6.45, 7) is 2.23. The third-order valence-corrected chi connectivity index (χ3v) is 5.16. The number of halogens is 1. The largest absolute Gasteiger partial charge is 1.00 e. The van der Waals surface area contributed by atoms with Crippen LogP contribution in [0, 0.1) is 0 Å². The van der Waals surface area contributed by atoms with E-state index in [0.29, 0.717) is 5.92 Å². The fourth-order valence-corrected chi connectivity index (χ4v) is 3.86. The standard InChI is InChI=1S/C20H22N2O2.BrH/c23-20-18(19(24-22-20)16-10-12-21-13-11-16)9-8-15-6-3-5-14-4-1-2-7-17(14)15;/h1-7,16,21H,8-13H2,(H,22,23);1H. The number of fused-ring (bicyclic) bond motifs is 1. The molecule has 0 spiro atoms. The molecule has 5 heteroatoms. The Morgan fingerprint density at radius 2 is 1.80 bits per heavy atom. The van der Waals surface area contributed by atoms with E-state index in [1.807, 2.05) is 0 Å². The average molecular weight is 403 g/mol. The highest BCUT2D eigenvalue weighted by Crippen LogP contribution is 2.26. The van der Waals surface area contributed by atoms with Gasteiger partial charge in [-0.25, -0.2) is 0 Å². The Morgan fingerprint density at radius 3 is 2.64 bits per heavy atom. The Bertz CT molecular complexity index is 889. The first-order chi connectivity index (χ1) is 11.8. The van der Waals surface area contributed by atoms with Crippen LogP contribution in [0.5, 0.6) is 0 Å². The third-order valence-electron chi connectivity index (χ3n) is 5.16. The second-order valence-electron chi connectivity index (χ2n) is 6.65. The number of nitrogens with two attached hydrogens (primary N) is 1. The fourth-order valence-electron chi connectivity index (χ4n) is 3.86. The maximum atomic E-state index is 12.2. The van der Waals surface area contributed by atoms with Crippen molar-refractivity contribution in [1.29, 1.82) is 0 Å². The zero-order valence-corrected chi connectivity index (χ0v) is 15.7. The lowest BCUT2D eigenvalue weighted by Gasteiger charge is -2.18. The molecule has 1 aliphatic rings. The van der Waals surface area contributed by atoms with Crippen LogP contribution in [-0.4, -0.2) is 18.2 Å². The monoisotopic (exact) mass is 402 g/mol. The van der Waals surface area contributed by atoms with Crippen molar-refractivity contribution in [2.45, 2.75) is 31.6 Å². The van der Waals surface area contributed by atoms with Gasteiger partial charge < -0.3 is 26.8 Å². The summed E-state index contributed by atoms with van der Waals surface area (Å²) >= 11 is 0. The van der Waals surface area contributed by atoms with Gasteiger partial charge in [-0.2, -0.15) is 5.16 Å². The number of aryl methyl sites for hydroxylation is 1. The average Bonchev–Trinajstić information content (AvgIpc) is 3.01. The molecule has 0 saturated carbocycles. The van der Waals surface area contributed by atoms with Crippen molar-refractivity contribution >= 4 is 10.8 Å². The smallest absolute Gasteiger partial charge is 0.283 e. The molecule has 0 unspecified atom stereocenters. The molecule has 1 aromatic heterocycles. The van der Waals surface area contributed by atoms with Crippen LogP contribution < -0.4 is 27.9 Å². The van der Waals surface area contributed by atoms with Crippen molar-refractivity contribution < 1.29 is 26.8 Å². The van der Waals surface area contributed by atoms with E-state index in [4.69, 9.17) is 4.52 Å². The molecule has 1 fully saturated rings. The summed E-state index contributed by atoms with van der Waals surface area (Å²) in [5.41, 5.74) is 2.08. The van der Waals surface area contributed by atoms with Crippen molar-refractivity contribution in [3.63, 3.8) is 0 Å². The summed E-state index contributed by atoms with van der Waals surface area (Å²) in [6, 6.07) is 14.8. The van der Waals surface area contributed by atoms with Gasteiger partial charge in [-0.1, -0.05) is 42.5 Å². The van der Waals surface area contributed by atoms with Gasteiger partial charge >= 0.3 is 0 Å². The maximum Gasteiger partial charge on any atom is 0.283 e. The number of hydrogen-bond acceptors (Lipinski definition) is 2. The van der Waals surface area contributed by atoms with E-state index >= 15 is 0 Å². The van der Waals surface area contributed by atoms with Crippen LogP contribution in [0.2, 0.25) is 0 Å². The van der Waals surface area contributed by atoms with Crippen LogP contribution in [0.25, 0.3) is 10.8 Å². The number of piperidine rings is 1. The van der Waals surface area contributed by atoms with Gasteiger partial charge in [0.05, 0.1) is 18.7 Å². The zero-order valence-electron chi connectivity index (χ0n) is 14.1. The number of benzene rings is 2. The minimum Gasteiger partial charge on any atom is -1.00 e. The van der Waals surface area contributed by atoms with E-state index in [1.54, 1.807) is 0 Å². The predicted octanol–water partition coefficient (Wildman–Crippen LogP) is -0.649. The number of aromatic nitrogens is 1. The lowest BCUT2D eigenvalue weighted by molar-refractivity contribution is -0.663. The first kappa shape index (κ1) is 18.0. The molecule has 0 bridgehead atoms. The molecule has 2 aromatic carbocycles. The molecule has 0 amide bonds. The lowest BCUT2D eigenvalue weighted by Crippen LogP contribution is -3.00. The van der Waals surface area contributed by atoms with Gasteiger partial charge in [0.2, 0.25) is 0 Å². The fraction of sp³-hybridized carbons (Fsp3) is 0.350. The molecule has 1 aliphatic heterocycles. The summed E-state index contributed by atoms with van der Waals surface area (Å²) in [5, 5.41) is 7.42. The molecular weight excluding hydrogens is 380 g/mol. The van der Waals surface area contributed by atoms with E-state index in [2.05, 4.69) is 52.9 Å². The van der Waals surface area contributed by atoms with Crippen LogP contribution >= 0.6 is 0 Å². The summed E-state index contributed by atoms with van der Waals surface area (Å²) in [4.78, 5) is 12.2. The minimum atomic E-state index is -0.0558. The van der Waals surface area contributed by atoms with Gasteiger partial charge in [0.15, 0.2) is 0 Å². The van der Waals surface area contributed by atoms with Crippen molar-refractivity contribution in [2.75, 3.05) is 13.1 Å². The molecule has 4 nitrogen and oxygen atoms in total. The Hall–Kier alpha value is -1.85. The van der Waals surface area contributed by atoms with Crippen LogP contribution in [-0.2, 0) is 12.8 Å². The SMILES string of the molecule is O=c1[nH]oc(C2CC[NH2+]CC2)c1CCc1cccc2ccccc12.[Br-]. The highest BCUT2D eigenvalue weighted by atomic mass is 79.9.